The van der Waals surface area contributed by atoms with E-state index in [1.165, 1.54) is 13.2 Å². The van der Waals surface area contributed by atoms with Crippen molar-refractivity contribution in [2.24, 2.45) is 5.10 Å². The molecule has 114 valence electrons. The van der Waals surface area contributed by atoms with Crippen molar-refractivity contribution in [3.63, 3.8) is 0 Å². The van der Waals surface area contributed by atoms with Crippen LogP contribution in [0.3, 0.4) is 0 Å². The number of hydrogen-bond donors (Lipinski definition) is 2. The molecule has 0 bridgehead atoms. The molecule has 2 aromatic carbocycles. The average molecular weight is 319 g/mol. The van der Waals surface area contributed by atoms with E-state index < -0.39 is 5.91 Å². The lowest BCUT2D eigenvalue weighted by Crippen LogP contribution is -2.19. The Morgan fingerprint density at radius 2 is 2.00 bits per heavy atom. The number of nitrogens with one attached hydrogen (secondary N) is 1. The minimum absolute atomic E-state index is 0.0409. The summed E-state index contributed by atoms with van der Waals surface area (Å²) in [6.45, 7) is 1.73. The van der Waals surface area contributed by atoms with Crippen LogP contribution >= 0.6 is 11.6 Å². The topological polar surface area (TPSA) is 70.9 Å². The Balaban J connectivity index is 2.16. The number of hydrazone groups is 1. The lowest BCUT2D eigenvalue weighted by atomic mass is 10.1. The van der Waals surface area contributed by atoms with Gasteiger partial charge in [-0.2, -0.15) is 5.10 Å². The first kappa shape index (κ1) is 15.9. The maximum atomic E-state index is 12.0. The molecular formula is C16H15ClN2O3. The van der Waals surface area contributed by atoms with Gasteiger partial charge in [-0.25, -0.2) is 5.43 Å². The van der Waals surface area contributed by atoms with Crippen LogP contribution in [0.4, 0.5) is 0 Å². The highest BCUT2D eigenvalue weighted by Crippen LogP contribution is 2.26. The number of carbonyl (C=O) groups excluding carboxylic acids is 1. The zero-order valence-corrected chi connectivity index (χ0v) is 12.9. The second kappa shape index (κ2) is 6.95. The Bertz CT molecular complexity index is 729. The highest BCUT2D eigenvalue weighted by molar-refractivity contribution is 6.33. The van der Waals surface area contributed by atoms with Gasteiger partial charge in [-0.05, 0) is 37.3 Å². The zero-order valence-electron chi connectivity index (χ0n) is 12.1. The molecule has 2 N–H and O–H groups in total. The van der Waals surface area contributed by atoms with Gasteiger partial charge in [-0.3, -0.25) is 4.79 Å². The van der Waals surface area contributed by atoms with E-state index in [-0.39, 0.29) is 5.75 Å². The van der Waals surface area contributed by atoms with Crippen LogP contribution in [0.5, 0.6) is 11.5 Å². The molecule has 0 fully saturated rings. The van der Waals surface area contributed by atoms with Gasteiger partial charge in [-0.1, -0.05) is 23.7 Å². The quantitative estimate of drug-likeness (QED) is 0.671. The fourth-order valence-electron chi connectivity index (χ4n) is 1.81. The molecule has 0 unspecified atom stereocenters. The van der Waals surface area contributed by atoms with E-state index in [9.17, 15) is 9.90 Å². The molecule has 22 heavy (non-hydrogen) atoms. The average Bonchev–Trinajstić information content (AvgIpc) is 2.53. The largest absolute Gasteiger partial charge is 0.504 e. The summed E-state index contributed by atoms with van der Waals surface area (Å²) in [4.78, 5) is 12.0. The summed E-state index contributed by atoms with van der Waals surface area (Å²) in [5, 5.41) is 14.0. The van der Waals surface area contributed by atoms with Crippen LogP contribution in [0, 0.1) is 0 Å². The Hall–Kier alpha value is -2.53. The number of methoxy groups -OCH3 is 1. The molecule has 0 heterocycles. The van der Waals surface area contributed by atoms with Gasteiger partial charge >= 0.3 is 0 Å². The molecule has 0 radical (unpaired) electrons. The minimum Gasteiger partial charge on any atom is -0.504 e. The number of nitrogens with zero attached hydrogens (tertiary/aromatic N) is 1. The maximum absolute atomic E-state index is 12.0. The number of benzene rings is 2. The monoisotopic (exact) mass is 318 g/mol. The van der Waals surface area contributed by atoms with Crippen LogP contribution in [0.2, 0.25) is 5.02 Å². The van der Waals surface area contributed by atoms with Crippen LogP contribution in [0.1, 0.15) is 22.8 Å². The first-order valence-corrected chi connectivity index (χ1v) is 6.87. The Morgan fingerprint density at radius 3 is 2.68 bits per heavy atom. The summed E-state index contributed by atoms with van der Waals surface area (Å²) in [5.41, 5.74) is 4.09. The second-order valence-electron chi connectivity index (χ2n) is 4.50. The van der Waals surface area contributed by atoms with Crippen LogP contribution < -0.4 is 10.2 Å². The van der Waals surface area contributed by atoms with E-state index in [1.807, 2.05) is 0 Å². The first-order valence-electron chi connectivity index (χ1n) is 6.49. The number of aromatic hydroxyl groups is 1. The molecule has 5 nitrogen and oxygen atoms in total. The lowest BCUT2D eigenvalue weighted by molar-refractivity contribution is 0.0955. The van der Waals surface area contributed by atoms with Gasteiger partial charge in [-0.15, -0.1) is 0 Å². The minimum atomic E-state index is -0.393. The van der Waals surface area contributed by atoms with E-state index in [1.54, 1.807) is 43.3 Å². The van der Waals surface area contributed by atoms with Crippen LogP contribution in [-0.4, -0.2) is 23.8 Å². The molecular weight excluding hydrogens is 304 g/mol. The van der Waals surface area contributed by atoms with E-state index in [4.69, 9.17) is 16.3 Å². The standard InChI is InChI=1S/C16H15ClN2O3/c1-10(11-7-8-14(20)15(9-11)22-2)18-19-16(21)12-5-3-4-6-13(12)17/h3-9,20H,1-2H3,(H,19,21). The van der Waals surface area contributed by atoms with E-state index in [0.717, 1.165) is 0 Å². The van der Waals surface area contributed by atoms with Gasteiger partial charge in [0.05, 0.1) is 23.4 Å². The van der Waals surface area contributed by atoms with Crippen LogP contribution in [0.25, 0.3) is 0 Å². The van der Waals surface area contributed by atoms with Crippen molar-refractivity contribution in [2.75, 3.05) is 7.11 Å². The predicted molar refractivity (Wildman–Crippen MR) is 85.8 cm³/mol. The van der Waals surface area contributed by atoms with Crippen molar-refractivity contribution < 1.29 is 14.6 Å². The highest BCUT2D eigenvalue weighted by atomic mass is 35.5. The maximum Gasteiger partial charge on any atom is 0.272 e. The Kier molecular flexibility index (Phi) is 5.01. The third-order valence-electron chi connectivity index (χ3n) is 3.04. The molecule has 6 heteroatoms. The van der Waals surface area contributed by atoms with E-state index in [2.05, 4.69) is 10.5 Å². The number of carbonyl (C=O) groups is 1. The summed E-state index contributed by atoms with van der Waals surface area (Å²) in [6, 6.07) is 11.5. The number of rotatable bonds is 4. The summed E-state index contributed by atoms with van der Waals surface area (Å²) in [6.07, 6.45) is 0. The van der Waals surface area contributed by atoms with Gasteiger partial charge in [0.25, 0.3) is 5.91 Å². The first-order chi connectivity index (χ1) is 10.5. The number of ether oxygens (including phenoxy) is 1. The summed E-state index contributed by atoms with van der Waals surface area (Å²) >= 11 is 5.95. The molecule has 1 amide bonds. The van der Waals surface area contributed by atoms with Crippen LogP contribution in [0.15, 0.2) is 47.6 Å². The molecule has 0 aromatic heterocycles. The van der Waals surface area contributed by atoms with Crippen molar-refractivity contribution >= 4 is 23.2 Å². The fraction of sp³-hybridized carbons (Fsp3) is 0.125. The zero-order chi connectivity index (χ0) is 16.1. The number of hydrogen-bond acceptors (Lipinski definition) is 4. The number of halogens is 1. The van der Waals surface area contributed by atoms with Gasteiger partial charge < -0.3 is 9.84 Å². The van der Waals surface area contributed by atoms with E-state index >= 15 is 0 Å². The van der Waals surface area contributed by atoms with Crippen molar-refractivity contribution in [3.05, 3.63) is 58.6 Å². The fourth-order valence-corrected chi connectivity index (χ4v) is 2.03. The smallest absolute Gasteiger partial charge is 0.272 e. The van der Waals surface area contributed by atoms with Crippen LogP contribution in [-0.2, 0) is 0 Å². The number of amides is 1. The summed E-state index contributed by atoms with van der Waals surface area (Å²) in [5.74, 6) is -0.0145. The predicted octanol–water partition coefficient (Wildman–Crippen LogP) is 3.21. The van der Waals surface area contributed by atoms with Gasteiger partial charge in [0.2, 0.25) is 0 Å². The number of phenolic OH excluding ortho intramolecular Hbond substituents is 1. The third-order valence-corrected chi connectivity index (χ3v) is 3.37. The Morgan fingerprint density at radius 1 is 1.27 bits per heavy atom. The van der Waals surface area contributed by atoms with Gasteiger partial charge in [0.1, 0.15) is 0 Å². The molecule has 0 saturated heterocycles. The second-order valence-corrected chi connectivity index (χ2v) is 4.91. The Labute approximate surface area is 133 Å². The molecule has 0 saturated carbocycles. The van der Waals surface area contributed by atoms with Crippen molar-refractivity contribution in [1.82, 2.24) is 5.43 Å². The molecule has 0 aliphatic heterocycles. The molecule has 0 aliphatic carbocycles. The molecule has 0 spiro atoms. The lowest BCUT2D eigenvalue weighted by Gasteiger charge is -2.07. The normalized spacial score (nSPS) is 11.1. The van der Waals surface area contributed by atoms with E-state index in [0.29, 0.717) is 27.6 Å². The third kappa shape index (κ3) is 3.56. The summed E-state index contributed by atoms with van der Waals surface area (Å²) < 4.78 is 5.04. The molecule has 2 rings (SSSR count). The van der Waals surface area contributed by atoms with Gasteiger partial charge in [0, 0.05) is 5.56 Å². The molecule has 0 aliphatic rings. The molecule has 2 aromatic rings. The SMILES string of the molecule is COc1cc(C(C)=NNC(=O)c2ccccc2Cl)ccc1O. The number of phenols is 1. The van der Waals surface area contributed by atoms with Gasteiger partial charge in [0.15, 0.2) is 11.5 Å². The summed E-state index contributed by atoms with van der Waals surface area (Å²) in [7, 11) is 1.46. The van der Waals surface area contributed by atoms with Crippen molar-refractivity contribution in [2.45, 2.75) is 6.92 Å². The highest BCUT2D eigenvalue weighted by Gasteiger charge is 2.09. The van der Waals surface area contributed by atoms with Crippen molar-refractivity contribution in [1.29, 1.82) is 0 Å². The molecule has 0 atom stereocenters. The van der Waals surface area contributed by atoms with Crippen molar-refractivity contribution in [3.8, 4) is 11.5 Å².